The van der Waals surface area contributed by atoms with E-state index in [-0.39, 0.29) is 24.3 Å². The molecule has 1 atom stereocenters. The average molecular weight is 552 g/mol. The van der Waals surface area contributed by atoms with Crippen molar-refractivity contribution in [1.82, 2.24) is 15.5 Å². The lowest BCUT2D eigenvalue weighted by Crippen LogP contribution is -2.52. The molecule has 3 aliphatic rings. The van der Waals surface area contributed by atoms with Crippen molar-refractivity contribution in [2.24, 2.45) is 0 Å². The predicted molar refractivity (Wildman–Crippen MR) is 155 cm³/mol. The first-order valence-electron chi connectivity index (χ1n) is 14.2. The summed E-state index contributed by atoms with van der Waals surface area (Å²) in [7, 11) is 0. The van der Waals surface area contributed by atoms with Gasteiger partial charge in [-0.2, -0.15) is 0 Å². The average Bonchev–Trinajstić information content (AvgIpc) is 3.32. The molecule has 0 aromatic heterocycles. The van der Waals surface area contributed by atoms with E-state index in [1.165, 1.54) is 10.5 Å². The van der Waals surface area contributed by atoms with Crippen molar-refractivity contribution >= 4 is 35.1 Å². The number of fused-ring (bicyclic) bond motifs is 1. The first-order valence-corrected chi connectivity index (χ1v) is 14.2. The van der Waals surface area contributed by atoms with Gasteiger partial charge in [0.1, 0.15) is 6.04 Å². The summed E-state index contributed by atoms with van der Waals surface area (Å²) in [6, 6.07) is 23.1. The van der Waals surface area contributed by atoms with E-state index in [1.54, 1.807) is 6.07 Å². The smallest absolute Gasteiger partial charge is 0.319 e. The zero-order chi connectivity index (χ0) is 28.3. The van der Waals surface area contributed by atoms with Gasteiger partial charge in [0.2, 0.25) is 11.8 Å². The normalized spacial score (nSPS) is 19.1. The molecule has 0 radical (unpaired) electrons. The lowest BCUT2D eigenvalue weighted by atomic mass is 9.89. The topological polar surface area (TPSA) is 111 Å². The lowest BCUT2D eigenvalue weighted by molar-refractivity contribution is -0.136. The number of imide groups is 1. The van der Waals surface area contributed by atoms with Gasteiger partial charge in [-0.1, -0.05) is 48.5 Å². The van der Waals surface area contributed by atoms with Gasteiger partial charge in [-0.05, 0) is 66.1 Å². The molecule has 3 heterocycles. The van der Waals surface area contributed by atoms with E-state index in [9.17, 15) is 19.2 Å². The molecule has 3 aromatic rings. The second-order valence-corrected chi connectivity index (χ2v) is 10.9. The van der Waals surface area contributed by atoms with Gasteiger partial charge < -0.3 is 20.4 Å². The zero-order valence-corrected chi connectivity index (χ0v) is 22.8. The van der Waals surface area contributed by atoms with Crippen LogP contribution in [0.25, 0.3) is 0 Å². The number of nitrogens with one attached hydrogen (secondary N) is 3. The number of hydrogen-bond acceptors (Lipinski definition) is 5. The predicted octanol–water partition coefficient (Wildman–Crippen LogP) is 4.15. The van der Waals surface area contributed by atoms with Crippen LogP contribution < -0.4 is 20.9 Å². The molecule has 2 fully saturated rings. The fraction of sp³-hybridized carbons (Fsp3) is 0.312. The highest BCUT2D eigenvalue weighted by molar-refractivity contribution is 6.05. The summed E-state index contributed by atoms with van der Waals surface area (Å²) in [5, 5.41) is 8.15. The highest BCUT2D eigenvalue weighted by atomic mass is 16.2. The minimum absolute atomic E-state index is 0.212. The highest BCUT2D eigenvalue weighted by Gasteiger charge is 2.39. The lowest BCUT2D eigenvalue weighted by Gasteiger charge is -2.34. The molecule has 41 heavy (non-hydrogen) atoms. The largest absolute Gasteiger partial charge is 0.371 e. The van der Waals surface area contributed by atoms with Crippen LogP contribution in [0.2, 0.25) is 0 Å². The maximum Gasteiger partial charge on any atom is 0.319 e. The summed E-state index contributed by atoms with van der Waals surface area (Å²) < 4.78 is 0. The molecule has 2 saturated heterocycles. The van der Waals surface area contributed by atoms with Crippen molar-refractivity contribution in [3.8, 4) is 0 Å². The standard InChI is InChI=1S/C32H33N5O4/c38-29-12-11-28(30(39)35-29)37-20-24-17-21(9-10-27(24)31(37)40)19-33-32(41)34-25-7-4-8-26(18-25)36-15-13-23(14-16-36)22-5-2-1-3-6-22/h1-10,17-18,23,28H,11-16,19-20H2,(H2,33,34,41)(H,35,38,39). The minimum Gasteiger partial charge on any atom is -0.371 e. The van der Waals surface area contributed by atoms with Crippen LogP contribution in [0.1, 0.15) is 58.6 Å². The van der Waals surface area contributed by atoms with Crippen molar-refractivity contribution in [1.29, 1.82) is 0 Å². The van der Waals surface area contributed by atoms with Gasteiger partial charge in [-0.3, -0.25) is 19.7 Å². The second kappa shape index (κ2) is 11.4. The van der Waals surface area contributed by atoms with E-state index < -0.39 is 11.9 Å². The van der Waals surface area contributed by atoms with E-state index in [2.05, 4.69) is 57.2 Å². The zero-order valence-electron chi connectivity index (χ0n) is 22.8. The fourth-order valence-electron chi connectivity index (χ4n) is 6.07. The van der Waals surface area contributed by atoms with Crippen LogP contribution in [0.15, 0.2) is 72.8 Å². The summed E-state index contributed by atoms with van der Waals surface area (Å²) in [6.45, 7) is 2.53. The molecule has 0 bridgehead atoms. The van der Waals surface area contributed by atoms with Crippen molar-refractivity contribution in [3.05, 3.63) is 95.1 Å². The third-order valence-corrected chi connectivity index (χ3v) is 8.28. The molecule has 5 amide bonds. The third-order valence-electron chi connectivity index (χ3n) is 8.28. The Kier molecular flexibility index (Phi) is 7.41. The number of benzene rings is 3. The molecule has 1 unspecified atom stereocenters. The molecule has 0 saturated carbocycles. The SMILES string of the molecule is O=C1CCC(N2Cc3cc(CNC(=O)Nc4cccc(N5CCC(c6ccccc6)CC5)c4)ccc3C2=O)C(=O)N1. The maximum absolute atomic E-state index is 12.9. The Morgan fingerprint density at radius 2 is 1.71 bits per heavy atom. The Hall–Kier alpha value is -4.66. The van der Waals surface area contributed by atoms with Crippen LogP contribution in [0.3, 0.4) is 0 Å². The van der Waals surface area contributed by atoms with Crippen LogP contribution in [0.5, 0.6) is 0 Å². The maximum atomic E-state index is 12.9. The number of amides is 5. The van der Waals surface area contributed by atoms with Gasteiger partial charge in [-0.15, -0.1) is 0 Å². The van der Waals surface area contributed by atoms with E-state index in [0.717, 1.165) is 48.4 Å². The number of anilines is 2. The summed E-state index contributed by atoms with van der Waals surface area (Å²) in [5.74, 6) is -0.368. The molecule has 9 nitrogen and oxygen atoms in total. The molecule has 9 heteroatoms. The van der Waals surface area contributed by atoms with Crippen LogP contribution >= 0.6 is 0 Å². The Labute approximate surface area is 238 Å². The number of piperidine rings is 2. The number of rotatable bonds is 6. The minimum atomic E-state index is -0.647. The van der Waals surface area contributed by atoms with Crippen molar-refractivity contribution in [2.45, 2.75) is 50.7 Å². The molecule has 3 aliphatic heterocycles. The number of carbonyl (C=O) groups excluding carboxylic acids is 4. The highest BCUT2D eigenvalue weighted by Crippen LogP contribution is 2.31. The second-order valence-electron chi connectivity index (χ2n) is 10.9. The van der Waals surface area contributed by atoms with Gasteiger partial charge in [0.05, 0.1) is 0 Å². The molecule has 3 N–H and O–H groups in total. The molecular weight excluding hydrogens is 518 g/mol. The van der Waals surface area contributed by atoms with Gasteiger partial charge in [0.15, 0.2) is 0 Å². The van der Waals surface area contributed by atoms with Crippen LogP contribution in [0, 0.1) is 0 Å². The van der Waals surface area contributed by atoms with Crippen LogP contribution in [-0.2, 0) is 22.7 Å². The molecular formula is C32H33N5O4. The number of urea groups is 1. The number of nitrogens with zero attached hydrogens (tertiary/aromatic N) is 2. The van der Waals surface area contributed by atoms with Crippen molar-refractivity contribution < 1.29 is 19.2 Å². The monoisotopic (exact) mass is 551 g/mol. The van der Waals surface area contributed by atoms with Gasteiger partial charge >= 0.3 is 6.03 Å². The summed E-state index contributed by atoms with van der Waals surface area (Å²) in [4.78, 5) is 53.3. The van der Waals surface area contributed by atoms with Gasteiger partial charge in [0.25, 0.3) is 5.91 Å². The summed E-state index contributed by atoms with van der Waals surface area (Å²) in [6.07, 6.45) is 2.74. The first-order chi connectivity index (χ1) is 19.9. The van der Waals surface area contributed by atoms with Crippen molar-refractivity contribution in [3.63, 3.8) is 0 Å². The van der Waals surface area contributed by atoms with E-state index >= 15 is 0 Å². The number of hydrogen-bond donors (Lipinski definition) is 3. The Morgan fingerprint density at radius 3 is 2.49 bits per heavy atom. The molecule has 3 aromatic carbocycles. The van der Waals surface area contributed by atoms with Crippen LogP contribution in [0.4, 0.5) is 16.2 Å². The Balaban J connectivity index is 1.02. The fourth-order valence-corrected chi connectivity index (χ4v) is 6.07. The van der Waals surface area contributed by atoms with Crippen molar-refractivity contribution in [2.75, 3.05) is 23.3 Å². The Morgan fingerprint density at radius 1 is 0.902 bits per heavy atom. The quantitative estimate of drug-likeness (QED) is 0.399. The molecule has 0 spiro atoms. The molecule has 6 rings (SSSR count). The van der Waals surface area contributed by atoms with Gasteiger partial charge in [-0.25, -0.2) is 4.79 Å². The Bertz CT molecular complexity index is 1480. The summed E-state index contributed by atoms with van der Waals surface area (Å²) in [5.41, 5.74) is 5.44. The summed E-state index contributed by atoms with van der Waals surface area (Å²) >= 11 is 0. The van der Waals surface area contributed by atoms with E-state index in [4.69, 9.17) is 0 Å². The van der Waals surface area contributed by atoms with Gasteiger partial charge in [0, 0.05) is 49.5 Å². The first kappa shape index (κ1) is 26.6. The third kappa shape index (κ3) is 5.79. The molecule has 210 valence electrons. The van der Waals surface area contributed by atoms with Crippen LogP contribution in [-0.4, -0.2) is 47.8 Å². The molecule has 0 aliphatic carbocycles. The number of carbonyl (C=O) groups is 4. The van der Waals surface area contributed by atoms with E-state index in [1.807, 2.05) is 30.3 Å². The van der Waals surface area contributed by atoms with E-state index in [0.29, 0.717) is 31.0 Å².